The van der Waals surface area contributed by atoms with Gasteiger partial charge in [-0.25, -0.2) is 0 Å². The maximum absolute atomic E-state index is 11.1. The van der Waals surface area contributed by atoms with Gasteiger partial charge in [-0.1, -0.05) is 6.92 Å². The molecule has 0 radical (unpaired) electrons. The van der Waals surface area contributed by atoms with Crippen LogP contribution >= 0.6 is 0 Å². The molecule has 0 unspecified atom stereocenters. The summed E-state index contributed by atoms with van der Waals surface area (Å²) in [5.41, 5.74) is 5.25. The van der Waals surface area contributed by atoms with Gasteiger partial charge in [0.25, 0.3) is 0 Å². The first-order valence-electron chi connectivity index (χ1n) is 3.96. The minimum Gasteiger partial charge on any atom is -0.350 e. The Labute approximate surface area is 68.3 Å². The lowest BCUT2D eigenvalue weighted by Crippen LogP contribution is -2.49. The van der Waals surface area contributed by atoms with Gasteiger partial charge in [-0.15, -0.1) is 0 Å². The van der Waals surface area contributed by atoms with Crippen molar-refractivity contribution in [2.24, 2.45) is 5.73 Å². The molecule has 0 saturated carbocycles. The highest BCUT2D eigenvalue weighted by molar-refractivity contribution is 5.81. The first-order chi connectivity index (χ1) is 4.89. The van der Waals surface area contributed by atoms with E-state index in [-0.39, 0.29) is 11.4 Å². The molecule has 0 spiro atoms. The van der Waals surface area contributed by atoms with Gasteiger partial charge in [0, 0.05) is 5.54 Å². The fraction of sp³-hybridized carbons (Fsp3) is 0.875. The largest absolute Gasteiger partial charge is 0.350 e. The van der Waals surface area contributed by atoms with Crippen LogP contribution in [0.15, 0.2) is 0 Å². The maximum Gasteiger partial charge on any atom is 0.237 e. The van der Waals surface area contributed by atoms with E-state index in [0.29, 0.717) is 0 Å². The van der Waals surface area contributed by atoms with Crippen molar-refractivity contribution in [3.05, 3.63) is 0 Å². The molecule has 0 aliphatic carbocycles. The fourth-order valence-electron chi connectivity index (χ4n) is 0.536. The van der Waals surface area contributed by atoms with Crippen molar-refractivity contribution < 1.29 is 4.79 Å². The van der Waals surface area contributed by atoms with Gasteiger partial charge in [0.15, 0.2) is 0 Å². The van der Waals surface area contributed by atoms with E-state index >= 15 is 0 Å². The van der Waals surface area contributed by atoms with Crippen molar-refractivity contribution >= 4 is 5.91 Å². The molecule has 0 heterocycles. The van der Waals surface area contributed by atoms with Crippen LogP contribution in [0.3, 0.4) is 0 Å². The number of nitrogens with one attached hydrogen (secondary N) is 1. The quantitative estimate of drug-likeness (QED) is 0.633. The summed E-state index contributed by atoms with van der Waals surface area (Å²) in [7, 11) is 0. The summed E-state index contributed by atoms with van der Waals surface area (Å²) in [5.74, 6) is -0.0862. The van der Waals surface area contributed by atoms with E-state index in [2.05, 4.69) is 5.32 Å². The number of rotatable bonds is 3. The lowest BCUT2D eigenvalue weighted by Gasteiger charge is -2.25. The fourth-order valence-corrected chi connectivity index (χ4v) is 0.536. The zero-order chi connectivity index (χ0) is 9.07. The van der Waals surface area contributed by atoms with Crippen molar-refractivity contribution in [1.29, 1.82) is 0 Å². The molecule has 3 N–H and O–H groups in total. The molecule has 0 fully saturated rings. The predicted octanol–water partition coefficient (Wildman–Crippen LogP) is 0.638. The molecular weight excluding hydrogens is 140 g/mol. The van der Waals surface area contributed by atoms with Gasteiger partial charge in [-0.2, -0.15) is 0 Å². The van der Waals surface area contributed by atoms with Gasteiger partial charge in [-0.3, -0.25) is 4.79 Å². The van der Waals surface area contributed by atoms with Crippen molar-refractivity contribution in [1.82, 2.24) is 5.32 Å². The topological polar surface area (TPSA) is 55.1 Å². The molecule has 3 nitrogen and oxygen atoms in total. The van der Waals surface area contributed by atoms with Crippen LogP contribution in [0.5, 0.6) is 0 Å². The van der Waals surface area contributed by atoms with E-state index in [1.807, 2.05) is 20.8 Å². The minimum absolute atomic E-state index is 0.0862. The molecule has 11 heavy (non-hydrogen) atoms. The monoisotopic (exact) mass is 158 g/mol. The predicted molar refractivity (Wildman–Crippen MR) is 46.2 cm³/mol. The molecule has 0 saturated heterocycles. The average molecular weight is 158 g/mol. The Morgan fingerprint density at radius 3 is 2.36 bits per heavy atom. The average Bonchev–Trinajstić information content (AvgIpc) is 1.87. The first-order valence-corrected chi connectivity index (χ1v) is 3.96. The van der Waals surface area contributed by atoms with Crippen molar-refractivity contribution in [3.8, 4) is 0 Å². The molecule has 0 bridgehead atoms. The Bertz CT molecular complexity index is 141. The van der Waals surface area contributed by atoms with Crippen LogP contribution in [0.4, 0.5) is 0 Å². The molecule has 0 aromatic carbocycles. The molecule has 0 aliphatic heterocycles. The minimum atomic E-state index is -0.416. The van der Waals surface area contributed by atoms with Crippen LogP contribution in [-0.4, -0.2) is 17.5 Å². The molecule has 3 heteroatoms. The highest BCUT2D eigenvalue weighted by atomic mass is 16.2. The number of hydrogen-bond donors (Lipinski definition) is 2. The third-order valence-corrected chi connectivity index (χ3v) is 1.76. The van der Waals surface area contributed by atoms with Crippen LogP contribution in [0, 0.1) is 0 Å². The van der Waals surface area contributed by atoms with Gasteiger partial charge in [0.2, 0.25) is 5.91 Å². The van der Waals surface area contributed by atoms with Crippen LogP contribution < -0.4 is 11.1 Å². The van der Waals surface area contributed by atoms with E-state index in [9.17, 15) is 4.79 Å². The summed E-state index contributed by atoms with van der Waals surface area (Å²) in [5, 5.41) is 2.84. The van der Waals surface area contributed by atoms with E-state index in [1.165, 1.54) is 0 Å². The molecule has 0 rings (SSSR count). The number of hydrogen-bond acceptors (Lipinski definition) is 2. The van der Waals surface area contributed by atoms with Crippen molar-refractivity contribution in [2.75, 3.05) is 0 Å². The smallest absolute Gasteiger partial charge is 0.237 e. The zero-order valence-electron chi connectivity index (χ0n) is 7.77. The first kappa shape index (κ1) is 10.4. The highest BCUT2D eigenvalue weighted by Crippen LogP contribution is 2.06. The van der Waals surface area contributed by atoms with Gasteiger partial charge in [-0.05, 0) is 27.2 Å². The molecular formula is C8H18N2O. The van der Waals surface area contributed by atoms with Gasteiger partial charge < -0.3 is 11.1 Å². The van der Waals surface area contributed by atoms with E-state index in [4.69, 9.17) is 5.73 Å². The summed E-state index contributed by atoms with van der Waals surface area (Å²) in [6.45, 7) is 7.67. The second-order valence-electron chi connectivity index (χ2n) is 3.52. The molecule has 0 aliphatic rings. The summed E-state index contributed by atoms with van der Waals surface area (Å²) in [6.07, 6.45) is 0.908. The molecule has 66 valence electrons. The molecule has 1 atom stereocenters. The normalized spacial score (nSPS) is 14.3. The summed E-state index contributed by atoms with van der Waals surface area (Å²) >= 11 is 0. The van der Waals surface area contributed by atoms with Crippen molar-refractivity contribution in [2.45, 2.75) is 45.7 Å². The highest BCUT2D eigenvalue weighted by Gasteiger charge is 2.19. The SMILES string of the molecule is CCC(C)(C)NC(=O)[C@H](C)N. The van der Waals surface area contributed by atoms with E-state index < -0.39 is 6.04 Å². The Balaban J connectivity index is 3.94. The van der Waals surface area contributed by atoms with Crippen LogP contribution in [0.25, 0.3) is 0 Å². The second-order valence-corrected chi connectivity index (χ2v) is 3.52. The second kappa shape index (κ2) is 3.72. The number of carbonyl (C=O) groups is 1. The van der Waals surface area contributed by atoms with Gasteiger partial charge >= 0.3 is 0 Å². The molecule has 1 amide bonds. The van der Waals surface area contributed by atoms with Gasteiger partial charge in [0.05, 0.1) is 6.04 Å². The Morgan fingerprint density at radius 1 is 1.64 bits per heavy atom. The third kappa shape index (κ3) is 3.98. The molecule has 0 aromatic rings. The standard InChI is InChI=1S/C8H18N2O/c1-5-8(3,4)10-7(11)6(2)9/h6H,5,9H2,1-4H3,(H,10,11)/t6-/m0/s1. The lowest BCUT2D eigenvalue weighted by atomic mass is 10.0. The Hall–Kier alpha value is -0.570. The summed E-state index contributed by atoms with van der Waals surface area (Å²) in [4.78, 5) is 11.1. The van der Waals surface area contributed by atoms with Crippen LogP contribution in [-0.2, 0) is 4.79 Å². The summed E-state index contributed by atoms with van der Waals surface area (Å²) in [6, 6.07) is -0.416. The van der Waals surface area contributed by atoms with E-state index in [1.54, 1.807) is 6.92 Å². The van der Waals surface area contributed by atoms with Gasteiger partial charge in [0.1, 0.15) is 0 Å². The van der Waals surface area contributed by atoms with Crippen molar-refractivity contribution in [3.63, 3.8) is 0 Å². The number of nitrogens with two attached hydrogens (primary N) is 1. The Kier molecular flexibility index (Phi) is 3.52. The molecule has 0 aromatic heterocycles. The lowest BCUT2D eigenvalue weighted by molar-refractivity contribution is -0.123. The third-order valence-electron chi connectivity index (χ3n) is 1.76. The zero-order valence-corrected chi connectivity index (χ0v) is 7.77. The maximum atomic E-state index is 11.1. The van der Waals surface area contributed by atoms with E-state index in [0.717, 1.165) is 6.42 Å². The Morgan fingerprint density at radius 2 is 2.09 bits per heavy atom. The number of amides is 1. The van der Waals surface area contributed by atoms with Crippen LogP contribution in [0.1, 0.15) is 34.1 Å². The number of carbonyl (C=O) groups excluding carboxylic acids is 1. The van der Waals surface area contributed by atoms with Crippen LogP contribution in [0.2, 0.25) is 0 Å². The summed E-state index contributed by atoms with van der Waals surface area (Å²) < 4.78 is 0.